The monoisotopic (exact) mass is 425 g/mol. The SMILES string of the molecule is CN(C1CCCCC1)S(=O)(=O)c1ccc(NC(=O)CCc2ccc(C#N)cc2)cc1. The molecule has 1 fully saturated rings. The van der Waals surface area contributed by atoms with E-state index in [1.165, 1.54) is 10.7 Å². The quantitative estimate of drug-likeness (QED) is 0.724. The summed E-state index contributed by atoms with van der Waals surface area (Å²) in [6, 6.07) is 15.6. The Morgan fingerprint density at radius 1 is 1.07 bits per heavy atom. The predicted molar refractivity (Wildman–Crippen MR) is 116 cm³/mol. The van der Waals surface area contributed by atoms with Crippen LogP contribution in [-0.4, -0.2) is 31.7 Å². The van der Waals surface area contributed by atoms with Crippen molar-refractivity contribution in [3.63, 3.8) is 0 Å². The van der Waals surface area contributed by atoms with E-state index in [1.54, 1.807) is 43.4 Å². The largest absolute Gasteiger partial charge is 0.326 e. The number of rotatable bonds is 7. The lowest BCUT2D eigenvalue weighted by Crippen LogP contribution is -2.38. The van der Waals surface area contributed by atoms with E-state index in [9.17, 15) is 13.2 Å². The van der Waals surface area contributed by atoms with E-state index in [-0.39, 0.29) is 16.8 Å². The molecule has 1 amide bonds. The van der Waals surface area contributed by atoms with Crippen molar-refractivity contribution in [2.75, 3.05) is 12.4 Å². The van der Waals surface area contributed by atoms with Gasteiger partial charge in [-0.15, -0.1) is 0 Å². The maximum Gasteiger partial charge on any atom is 0.243 e. The van der Waals surface area contributed by atoms with Crippen LogP contribution in [0.5, 0.6) is 0 Å². The third-order valence-corrected chi connectivity index (χ3v) is 7.55. The van der Waals surface area contributed by atoms with Gasteiger partial charge in [0.1, 0.15) is 0 Å². The summed E-state index contributed by atoms with van der Waals surface area (Å²) < 4.78 is 27.3. The number of benzene rings is 2. The van der Waals surface area contributed by atoms with Gasteiger partial charge in [0.25, 0.3) is 0 Å². The third kappa shape index (κ3) is 5.47. The van der Waals surface area contributed by atoms with E-state index < -0.39 is 10.0 Å². The minimum Gasteiger partial charge on any atom is -0.326 e. The van der Waals surface area contributed by atoms with E-state index in [4.69, 9.17) is 5.26 Å². The van der Waals surface area contributed by atoms with Crippen LogP contribution < -0.4 is 5.32 Å². The molecule has 0 atom stereocenters. The maximum atomic E-state index is 12.9. The summed E-state index contributed by atoms with van der Waals surface area (Å²) in [6.45, 7) is 0. The Morgan fingerprint density at radius 2 is 1.70 bits per heavy atom. The molecule has 3 rings (SSSR count). The molecule has 0 saturated heterocycles. The Morgan fingerprint density at radius 3 is 2.30 bits per heavy atom. The number of hydrogen-bond donors (Lipinski definition) is 1. The summed E-state index contributed by atoms with van der Waals surface area (Å²) in [5.41, 5.74) is 2.14. The van der Waals surface area contributed by atoms with Crippen LogP contribution in [0.3, 0.4) is 0 Å². The first-order valence-corrected chi connectivity index (χ1v) is 11.7. The van der Waals surface area contributed by atoms with Crippen molar-refractivity contribution in [2.45, 2.75) is 55.9 Å². The van der Waals surface area contributed by atoms with Crippen LogP contribution in [0.2, 0.25) is 0 Å². The smallest absolute Gasteiger partial charge is 0.243 e. The van der Waals surface area contributed by atoms with Gasteiger partial charge in [-0.2, -0.15) is 9.57 Å². The number of nitrogens with one attached hydrogen (secondary N) is 1. The Bertz CT molecular complexity index is 1000. The summed E-state index contributed by atoms with van der Waals surface area (Å²) in [4.78, 5) is 12.5. The molecule has 1 saturated carbocycles. The van der Waals surface area contributed by atoms with Gasteiger partial charge < -0.3 is 5.32 Å². The van der Waals surface area contributed by atoms with Crippen molar-refractivity contribution in [1.29, 1.82) is 5.26 Å². The van der Waals surface area contributed by atoms with Gasteiger partial charge in [0.15, 0.2) is 0 Å². The minimum absolute atomic E-state index is 0.0605. The van der Waals surface area contributed by atoms with Crippen LogP contribution in [0.4, 0.5) is 5.69 Å². The number of carbonyl (C=O) groups excluding carboxylic acids is 1. The normalized spacial score (nSPS) is 15.0. The molecule has 6 nitrogen and oxygen atoms in total. The van der Waals surface area contributed by atoms with Crippen molar-refractivity contribution in [1.82, 2.24) is 4.31 Å². The molecule has 1 aliphatic carbocycles. The molecular formula is C23H27N3O3S. The lowest BCUT2D eigenvalue weighted by molar-refractivity contribution is -0.116. The number of anilines is 1. The van der Waals surface area contributed by atoms with Crippen LogP contribution in [0.25, 0.3) is 0 Å². The van der Waals surface area contributed by atoms with Gasteiger partial charge >= 0.3 is 0 Å². The van der Waals surface area contributed by atoms with E-state index in [0.717, 1.165) is 31.2 Å². The highest BCUT2D eigenvalue weighted by Crippen LogP contribution is 2.27. The maximum absolute atomic E-state index is 12.9. The van der Waals surface area contributed by atoms with Crippen LogP contribution in [0.1, 0.15) is 49.7 Å². The fourth-order valence-corrected chi connectivity index (χ4v) is 5.16. The van der Waals surface area contributed by atoms with Gasteiger partial charge in [0.2, 0.25) is 15.9 Å². The summed E-state index contributed by atoms with van der Waals surface area (Å²) in [6.07, 6.45) is 5.98. The Labute approximate surface area is 178 Å². The van der Waals surface area contributed by atoms with Gasteiger partial charge in [0, 0.05) is 25.2 Å². The van der Waals surface area contributed by atoms with Gasteiger partial charge in [0.05, 0.1) is 16.5 Å². The van der Waals surface area contributed by atoms with E-state index >= 15 is 0 Å². The molecule has 2 aromatic carbocycles. The highest BCUT2D eigenvalue weighted by atomic mass is 32.2. The Kier molecular flexibility index (Phi) is 7.24. The standard InChI is InChI=1S/C23H27N3O3S/c1-26(21-5-3-2-4-6-21)30(28,29)22-14-12-20(13-15-22)25-23(27)16-11-18-7-9-19(17-24)10-8-18/h7-10,12-15,21H,2-6,11,16H2,1H3,(H,25,27). The van der Waals surface area contributed by atoms with Gasteiger partial charge in [-0.25, -0.2) is 8.42 Å². The van der Waals surface area contributed by atoms with E-state index in [2.05, 4.69) is 11.4 Å². The van der Waals surface area contributed by atoms with Crippen molar-refractivity contribution < 1.29 is 13.2 Å². The lowest BCUT2D eigenvalue weighted by Gasteiger charge is -2.30. The van der Waals surface area contributed by atoms with Crippen LogP contribution in [0, 0.1) is 11.3 Å². The molecule has 158 valence electrons. The van der Waals surface area contributed by atoms with Crippen molar-refractivity contribution in [3.05, 3.63) is 59.7 Å². The Balaban J connectivity index is 1.56. The van der Waals surface area contributed by atoms with Crippen LogP contribution in [-0.2, 0) is 21.2 Å². The lowest BCUT2D eigenvalue weighted by atomic mass is 9.96. The molecule has 0 spiro atoms. The number of hydrogen-bond acceptors (Lipinski definition) is 4. The number of nitrogens with zero attached hydrogens (tertiary/aromatic N) is 2. The number of aryl methyl sites for hydroxylation is 1. The number of amides is 1. The Hall–Kier alpha value is -2.69. The van der Waals surface area contributed by atoms with Crippen LogP contribution >= 0.6 is 0 Å². The summed E-state index contributed by atoms with van der Waals surface area (Å²) in [5.74, 6) is -0.144. The second-order valence-electron chi connectivity index (χ2n) is 7.69. The van der Waals surface area contributed by atoms with E-state index in [1.807, 2.05) is 12.1 Å². The summed E-state index contributed by atoms with van der Waals surface area (Å²) in [7, 11) is -1.88. The molecule has 2 aromatic rings. The predicted octanol–water partition coefficient (Wildman–Crippen LogP) is 4.08. The average Bonchev–Trinajstić information content (AvgIpc) is 2.78. The molecule has 30 heavy (non-hydrogen) atoms. The van der Waals surface area contributed by atoms with Crippen molar-refractivity contribution in [3.8, 4) is 6.07 Å². The third-order valence-electron chi connectivity index (χ3n) is 5.63. The zero-order valence-electron chi connectivity index (χ0n) is 17.2. The first-order chi connectivity index (χ1) is 14.4. The molecule has 0 aliphatic heterocycles. The first kappa shape index (κ1) is 22.0. The molecule has 0 unspecified atom stereocenters. The second kappa shape index (κ2) is 9.88. The van der Waals surface area contributed by atoms with E-state index in [0.29, 0.717) is 24.1 Å². The zero-order chi connectivity index (χ0) is 21.6. The first-order valence-electron chi connectivity index (χ1n) is 10.3. The van der Waals surface area contributed by atoms with Crippen LogP contribution in [0.15, 0.2) is 53.4 Å². The van der Waals surface area contributed by atoms with Crippen molar-refractivity contribution >= 4 is 21.6 Å². The van der Waals surface area contributed by atoms with Gasteiger partial charge in [-0.1, -0.05) is 31.4 Å². The molecule has 0 heterocycles. The summed E-state index contributed by atoms with van der Waals surface area (Å²) >= 11 is 0. The molecule has 0 radical (unpaired) electrons. The molecule has 0 aromatic heterocycles. The topological polar surface area (TPSA) is 90.3 Å². The molecule has 1 aliphatic rings. The van der Waals surface area contributed by atoms with Crippen molar-refractivity contribution in [2.24, 2.45) is 0 Å². The second-order valence-corrected chi connectivity index (χ2v) is 9.69. The number of nitriles is 1. The number of carbonyl (C=O) groups is 1. The molecule has 0 bridgehead atoms. The molecule has 7 heteroatoms. The van der Waals surface area contributed by atoms with Gasteiger partial charge in [-0.05, 0) is 61.2 Å². The molecular weight excluding hydrogens is 398 g/mol. The zero-order valence-corrected chi connectivity index (χ0v) is 18.0. The number of sulfonamides is 1. The highest BCUT2D eigenvalue weighted by molar-refractivity contribution is 7.89. The minimum atomic E-state index is -3.54. The molecule has 1 N–H and O–H groups in total. The fourth-order valence-electron chi connectivity index (χ4n) is 3.74. The summed E-state index contributed by atoms with van der Waals surface area (Å²) in [5, 5.41) is 11.6. The van der Waals surface area contributed by atoms with Gasteiger partial charge in [-0.3, -0.25) is 4.79 Å². The fraction of sp³-hybridized carbons (Fsp3) is 0.391. The average molecular weight is 426 g/mol. The highest BCUT2D eigenvalue weighted by Gasteiger charge is 2.28.